The molecular weight excluding hydrogens is 286 g/mol. The van der Waals surface area contributed by atoms with Crippen molar-refractivity contribution in [3.8, 4) is 0 Å². The maximum absolute atomic E-state index is 11.9. The first-order chi connectivity index (χ1) is 10.0. The fourth-order valence-corrected chi connectivity index (χ4v) is 2.84. The number of hydrogen-bond donors (Lipinski definition) is 2. The van der Waals surface area contributed by atoms with E-state index < -0.39 is 0 Å². The van der Waals surface area contributed by atoms with Crippen molar-refractivity contribution in [3.63, 3.8) is 0 Å². The summed E-state index contributed by atoms with van der Waals surface area (Å²) in [5.74, 6) is 0.102. The van der Waals surface area contributed by atoms with E-state index >= 15 is 0 Å². The summed E-state index contributed by atoms with van der Waals surface area (Å²) < 4.78 is 0. The minimum absolute atomic E-state index is 0.102. The molecule has 1 fully saturated rings. The van der Waals surface area contributed by atoms with Crippen LogP contribution in [0, 0.1) is 0 Å². The molecule has 1 heterocycles. The van der Waals surface area contributed by atoms with Crippen LogP contribution in [0.25, 0.3) is 0 Å². The number of carbonyl (C=O) groups excluding carboxylic acids is 1. The average Bonchev–Trinajstić information content (AvgIpc) is 2.45. The maximum Gasteiger partial charge on any atom is 0.242 e. The Balaban J connectivity index is 2.16. The smallest absolute Gasteiger partial charge is 0.242 e. The lowest BCUT2D eigenvalue weighted by Crippen LogP contribution is -2.55. The molecular formula is C16H24ClN3O. The molecule has 0 saturated carbocycles. The van der Waals surface area contributed by atoms with Crippen LogP contribution in [0.1, 0.15) is 32.8 Å². The van der Waals surface area contributed by atoms with Gasteiger partial charge in [-0.3, -0.25) is 4.79 Å². The molecule has 1 aliphatic rings. The second kappa shape index (κ2) is 7.14. The van der Waals surface area contributed by atoms with E-state index in [-0.39, 0.29) is 11.9 Å². The van der Waals surface area contributed by atoms with Gasteiger partial charge < -0.3 is 15.5 Å². The number of carbonyl (C=O) groups is 1. The summed E-state index contributed by atoms with van der Waals surface area (Å²) >= 11 is 6.39. The van der Waals surface area contributed by atoms with Crippen molar-refractivity contribution in [2.45, 2.75) is 45.8 Å². The Kier molecular flexibility index (Phi) is 5.48. The Morgan fingerprint density at radius 2 is 2.24 bits per heavy atom. The number of nitrogens with one attached hydrogen (secondary N) is 2. The predicted molar refractivity (Wildman–Crippen MR) is 87.9 cm³/mol. The second-order valence-corrected chi connectivity index (χ2v) is 6.13. The van der Waals surface area contributed by atoms with E-state index in [1.54, 1.807) is 0 Å². The molecule has 2 rings (SSSR count). The number of anilines is 1. The highest BCUT2D eigenvalue weighted by Gasteiger charge is 2.28. The van der Waals surface area contributed by atoms with E-state index in [4.69, 9.17) is 11.6 Å². The number of benzene rings is 1. The molecule has 0 aromatic heterocycles. The van der Waals surface area contributed by atoms with Gasteiger partial charge in [-0.25, -0.2) is 0 Å². The quantitative estimate of drug-likeness (QED) is 0.878. The molecule has 1 unspecified atom stereocenters. The third kappa shape index (κ3) is 3.89. The summed E-state index contributed by atoms with van der Waals surface area (Å²) in [6.45, 7) is 8.52. The van der Waals surface area contributed by atoms with E-state index in [1.165, 1.54) is 0 Å². The Labute approximate surface area is 131 Å². The largest absolute Gasteiger partial charge is 0.358 e. The van der Waals surface area contributed by atoms with E-state index in [9.17, 15) is 4.79 Å². The zero-order chi connectivity index (χ0) is 15.4. The van der Waals surface area contributed by atoms with Gasteiger partial charge in [0.15, 0.2) is 0 Å². The van der Waals surface area contributed by atoms with Gasteiger partial charge in [-0.2, -0.15) is 0 Å². The van der Waals surface area contributed by atoms with Gasteiger partial charge in [0.1, 0.15) is 6.04 Å². The van der Waals surface area contributed by atoms with Crippen molar-refractivity contribution >= 4 is 23.2 Å². The highest BCUT2D eigenvalue weighted by Crippen LogP contribution is 2.26. The van der Waals surface area contributed by atoms with Gasteiger partial charge in [0.05, 0.1) is 0 Å². The molecule has 0 aliphatic carbocycles. The van der Waals surface area contributed by atoms with Crippen LogP contribution in [0.3, 0.4) is 0 Å². The molecule has 5 heteroatoms. The van der Waals surface area contributed by atoms with Gasteiger partial charge in [0.25, 0.3) is 0 Å². The molecule has 0 radical (unpaired) electrons. The normalized spacial score (nSPS) is 19.0. The standard InChI is InChI=1S/C16H24ClN3O/c1-4-15-16(21)18-7-8-20(15)13-6-5-12(14(17)9-13)10-19-11(2)3/h5-6,9,11,15,19H,4,7-8,10H2,1-3H3,(H,18,21). The summed E-state index contributed by atoms with van der Waals surface area (Å²) in [6, 6.07) is 6.40. The SMILES string of the molecule is CCC1C(=O)NCCN1c1ccc(CNC(C)C)c(Cl)c1. The molecule has 1 aromatic rings. The Morgan fingerprint density at radius 1 is 1.48 bits per heavy atom. The van der Waals surface area contributed by atoms with Crippen LogP contribution in [-0.2, 0) is 11.3 Å². The van der Waals surface area contributed by atoms with E-state index in [2.05, 4.69) is 35.4 Å². The monoisotopic (exact) mass is 309 g/mol. The lowest BCUT2D eigenvalue weighted by Gasteiger charge is -2.36. The molecule has 4 nitrogen and oxygen atoms in total. The lowest BCUT2D eigenvalue weighted by molar-refractivity contribution is -0.123. The summed E-state index contributed by atoms with van der Waals surface area (Å²) in [5, 5.41) is 7.04. The first kappa shape index (κ1) is 16.1. The minimum atomic E-state index is -0.102. The third-order valence-electron chi connectivity index (χ3n) is 3.79. The van der Waals surface area contributed by atoms with Crippen molar-refractivity contribution in [3.05, 3.63) is 28.8 Å². The van der Waals surface area contributed by atoms with Gasteiger partial charge in [0.2, 0.25) is 5.91 Å². The topological polar surface area (TPSA) is 44.4 Å². The van der Waals surface area contributed by atoms with Crippen LogP contribution in [0.15, 0.2) is 18.2 Å². The van der Waals surface area contributed by atoms with Gasteiger partial charge in [0, 0.05) is 36.4 Å². The molecule has 2 N–H and O–H groups in total. The summed E-state index contributed by atoms with van der Waals surface area (Å²) in [4.78, 5) is 14.1. The molecule has 116 valence electrons. The first-order valence-corrected chi connectivity index (χ1v) is 7.97. The van der Waals surface area contributed by atoms with Crippen LogP contribution < -0.4 is 15.5 Å². The first-order valence-electron chi connectivity index (χ1n) is 7.59. The zero-order valence-electron chi connectivity index (χ0n) is 12.9. The second-order valence-electron chi connectivity index (χ2n) is 5.72. The van der Waals surface area contributed by atoms with Crippen molar-refractivity contribution in [2.24, 2.45) is 0 Å². The summed E-state index contributed by atoms with van der Waals surface area (Å²) in [6.07, 6.45) is 0.792. The van der Waals surface area contributed by atoms with Crippen LogP contribution in [0.4, 0.5) is 5.69 Å². The number of amides is 1. The molecule has 1 amide bonds. The van der Waals surface area contributed by atoms with Crippen LogP contribution >= 0.6 is 11.6 Å². The van der Waals surface area contributed by atoms with Crippen molar-refractivity contribution in [1.29, 1.82) is 0 Å². The van der Waals surface area contributed by atoms with Crippen LogP contribution in [0.2, 0.25) is 5.02 Å². The summed E-state index contributed by atoms with van der Waals surface area (Å²) in [5.41, 5.74) is 2.11. The molecule has 1 aliphatic heterocycles. The number of nitrogens with zero attached hydrogens (tertiary/aromatic N) is 1. The molecule has 21 heavy (non-hydrogen) atoms. The van der Waals surface area contributed by atoms with E-state index in [0.29, 0.717) is 12.6 Å². The highest BCUT2D eigenvalue weighted by molar-refractivity contribution is 6.31. The van der Waals surface area contributed by atoms with Crippen molar-refractivity contribution < 1.29 is 4.79 Å². The summed E-state index contributed by atoms with van der Waals surface area (Å²) in [7, 11) is 0. The lowest BCUT2D eigenvalue weighted by atomic mass is 10.1. The Bertz CT molecular complexity index is 504. The van der Waals surface area contributed by atoms with Gasteiger partial charge >= 0.3 is 0 Å². The fraction of sp³-hybridized carbons (Fsp3) is 0.562. The average molecular weight is 310 g/mol. The highest BCUT2D eigenvalue weighted by atomic mass is 35.5. The van der Waals surface area contributed by atoms with Crippen molar-refractivity contribution in [2.75, 3.05) is 18.0 Å². The van der Waals surface area contributed by atoms with E-state index in [0.717, 1.165) is 35.8 Å². The Hall–Kier alpha value is -1.26. The van der Waals surface area contributed by atoms with Gasteiger partial charge in [-0.15, -0.1) is 0 Å². The number of halogens is 1. The number of hydrogen-bond acceptors (Lipinski definition) is 3. The minimum Gasteiger partial charge on any atom is -0.358 e. The molecule has 0 bridgehead atoms. The number of piperazine rings is 1. The molecule has 1 atom stereocenters. The zero-order valence-corrected chi connectivity index (χ0v) is 13.7. The van der Waals surface area contributed by atoms with Crippen LogP contribution in [0.5, 0.6) is 0 Å². The third-order valence-corrected chi connectivity index (χ3v) is 4.14. The molecule has 1 aromatic carbocycles. The molecule has 0 spiro atoms. The van der Waals surface area contributed by atoms with Crippen molar-refractivity contribution in [1.82, 2.24) is 10.6 Å². The maximum atomic E-state index is 11.9. The van der Waals surface area contributed by atoms with Crippen LogP contribution in [-0.4, -0.2) is 31.1 Å². The number of rotatable bonds is 5. The molecule has 1 saturated heterocycles. The Morgan fingerprint density at radius 3 is 2.86 bits per heavy atom. The predicted octanol–water partition coefficient (Wildman–Crippen LogP) is 2.55. The van der Waals surface area contributed by atoms with E-state index in [1.807, 2.05) is 19.1 Å². The van der Waals surface area contributed by atoms with Gasteiger partial charge in [-0.1, -0.05) is 38.4 Å². The fourth-order valence-electron chi connectivity index (χ4n) is 2.60. The van der Waals surface area contributed by atoms with Gasteiger partial charge in [-0.05, 0) is 24.1 Å².